The minimum atomic E-state index is -0.263. The molecule has 184 valence electrons. The van der Waals surface area contributed by atoms with Gasteiger partial charge in [-0.25, -0.2) is 4.98 Å². The summed E-state index contributed by atoms with van der Waals surface area (Å²) >= 11 is 14.3. The number of thiazole rings is 1. The highest BCUT2D eigenvalue weighted by Gasteiger charge is 2.20. The van der Waals surface area contributed by atoms with Gasteiger partial charge in [-0.05, 0) is 68.0 Å². The van der Waals surface area contributed by atoms with E-state index < -0.39 is 0 Å². The van der Waals surface area contributed by atoms with Gasteiger partial charge in [0.25, 0.3) is 0 Å². The number of rotatable bonds is 8. The van der Waals surface area contributed by atoms with Gasteiger partial charge in [0.15, 0.2) is 10.2 Å². The average Bonchev–Trinajstić information content (AvgIpc) is 3.33. The van der Waals surface area contributed by atoms with Crippen molar-refractivity contribution in [3.63, 3.8) is 0 Å². The molecule has 1 amide bonds. The Kier molecular flexibility index (Phi) is 8.98. The Morgan fingerprint density at radius 2 is 1.75 bits per heavy atom. The summed E-state index contributed by atoms with van der Waals surface area (Å²) < 4.78 is 0. The van der Waals surface area contributed by atoms with E-state index in [2.05, 4.69) is 20.9 Å². The summed E-state index contributed by atoms with van der Waals surface area (Å²) in [5.41, 5.74) is 4.73. The molecule has 0 aliphatic rings. The van der Waals surface area contributed by atoms with Gasteiger partial charge in [0.1, 0.15) is 0 Å². The molecule has 0 spiro atoms. The van der Waals surface area contributed by atoms with Crippen molar-refractivity contribution in [2.45, 2.75) is 30.4 Å². The number of nitrogens with one attached hydrogen (secondary N) is 3. The number of anilines is 3. The number of hydrogen-bond donors (Lipinski definition) is 3. The molecule has 0 radical (unpaired) electrons. The first-order valence-electron chi connectivity index (χ1n) is 11.3. The molecule has 1 aromatic heterocycles. The third-order valence-corrected chi connectivity index (χ3v) is 7.79. The molecule has 0 bridgehead atoms. The second-order valence-corrected chi connectivity index (χ2v) is 11.0. The SMILES string of the molecule is CCC(Sc1cccc(NC(=S)Nc2ccc(C)cc2)c1)C(=O)Nc1nc(-c2ccc(Cl)cc2)cs1. The van der Waals surface area contributed by atoms with Gasteiger partial charge in [0, 0.05) is 32.2 Å². The van der Waals surface area contributed by atoms with Gasteiger partial charge in [0.2, 0.25) is 5.91 Å². The molecular formula is C27H25ClN4OS3. The van der Waals surface area contributed by atoms with Gasteiger partial charge in [-0.3, -0.25) is 4.79 Å². The largest absolute Gasteiger partial charge is 0.332 e. The van der Waals surface area contributed by atoms with E-state index in [9.17, 15) is 4.79 Å². The van der Waals surface area contributed by atoms with Crippen LogP contribution in [-0.4, -0.2) is 21.3 Å². The molecular weight excluding hydrogens is 528 g/mol. The zero-order valence-corrected chi connectivity index (χ0v) is 23.0. The van der Waals surface area contributed by atoms with E-state index in [1.807, 2.05) is 92.0 Å². The maximum atomic E-state index is 13.0. The van der Waals surface area contributed by atoms with Crippen molar-refractivity contribution in [1.82, 2.24) is 4.98 Å². The fraction of sp³-hybridized carbons (Fsp3) is 0.148. The Morgan fingerprint density at radius 3 is 2.47 bits per heavy atom. The number of hydrogen-bond acceptors (Lipinski definition) is 5. The predicted octanol–water partition coefficient (Wildman–Crippen LogP) is 8.09. The number of carbonyl (C=O) groups is 1. The van der Waals surface area contributed by atoms with Crippen molar-refractivity contribution in [3.05, 3.63) is 88.8 Å². The maximum absolute atomic E-state index is 13.0. The molecule has 4 aromatic rings. The first kappa shape index (κ1) is 26.2. The number of benzene rings is 3. The Balaban J connectivity index is 1.35. The molecule has 0 aliphatic carbocycles. The smallest absolute Gasteiger partial charge is 0.239 e. The Bertz CT molecular complexity index is 1340. The Labute approximate surface area is 229 Å². The zero-order valence-electron chi connectivity index (χ0n) is 19.7. The molecule has 0 fully saturated rings. The lowest BCUT2D eigenvalue weighted by Gasteiger charge is -2.15. The minimum Gasteiger partial charge on any atom is -0.332 e. The van der Waals surface area contributed by atoms with Gasteiger partial charge in [-0.1, -0.05) is 54.4 Å². The van der Waals surface area contributed by atoms with Crippen LogP contribution in [0, 0.1) is 6.92 Å². The Morgan fingerprint density at radius 1 is 1.03 bits per heavy atom. The topological polar surface area (TPSA) is 66.0 Å². The summed E-state index contributed by atoms with van der Waals surface area (Å²) in [7, 11) is 0. The van der Waals surface area contributed by atoms with Gasteiger partial charge in [-0.15, -0.1) is 23.1 Å². The molecule has 0 aliphatic heterocycles. The van der Waals surface area contributed by atoms with Crippen LogP contribution in [0.15, 0.2) is 83.1 Å². The summed E-state index contributed by atoms with van der Waals surface area (Å²) in [5, 5.41) is 12.8. The molecule has 0 saturated carbocycles. The fourth-order valence-electron chi connectivity index (χ4n) is 3.33. The van der Waals surface area contributed by atoms with Crippen LogP contribution in [0.25, 0.3) is 11.3 Å². The lowest BCUT2D eigenvalue weighted by atomic mass is 10.2. The first-order valence-corrected chi connectivity index (χ1v) is 13.9. The molecule has 0 saturated heterocycles. The highest BCUT2D eigenvalue weighted by Crippen LogP contribution is 2.30. The minimum absolute atomic E-state index is 0.0746. The van der Waals surface area contributed by atoms with Gasteiger partial charge in [-0.2, -0.15) is 0 Å². The number of thiocarbonyl (C=S) groups is 1. The summed E-state index contributed by atoms with van der Waals surface area (Å²) in [5.74, 6) is -0.0746. The molecule has 36 heavy (non-hydrogen) atoms. The normalized spacial score (nSPS) is 11.5. The summed E-state index contributed by atoms with van der Waals surface area (Å²) in [6.07, 6.45) is 0.678. The molecule has 1 heterocycles. The van der Waals surface area contributed by atoms with Crippen molar-refractivity contribution < 1.29 is 4.79 Å². The van der Waals surface area contributed by atoms with E-state index >= 15 is 0 Å². The number of halogens is 1. The third-order valence-electron chi connectivity index (χ3n) is 5.22. The van der Waals surface area contributed by atoms with Crippen molar-refractivity contribution in [1.29, 1.82) is 0 Å². The van der Waals surface area contributed by atoms with Gasteiger partial charge < -0.3 is 16.0 Å². The van der Waals surface area contributed by atoms with E-state index in [-0.39, 0.29) is 11.2 Å². The molecule has 9 heteroatoms. The maximum Gasteiger partial charge on any atom is 0.239 e. The quantitative estimate of drug-likeness (QED) is 0.152. The summed E-state index contributed by atoms with van der Waals surface area (Å²) in [6.45, 7) is 4.05. The molecule has 1 atom stereocenters. The van der Waals surface area contributed by atoms with Crippen molar-refractivity contribution in [3.8, 4) is 11.3 Å². The van der Waals surface area contributed by atoms with Crippen LogP contribution in [0.1, 0.15) is 18.9 Å². The summed E-state index contributed by atoms with van der Waals surface area (Å²) in [6, 6.07) is 23.4. The van der Waals surface area contributed by atoms with Crippen molar-refractivity contribution >= 4 is 74.4 Å². The number of nitrogens with zero attached hydrogens (tertiary/aromatic N) is 1. The van der Waals surface area contributed by atoms with E-state index in [4.69, 9.17) is 23.8 Å². The second-order valence-electron chi connectivity index (χ2n) is 8.02. The average molecular weight is 553 g/mol. The van der Waals surface area contributed by atoms with Gasteiger partial charge >= 0.3 is 0 Å². The molecule has 1 unspecified atom stereocenters. The fourth-order valence-corrected chi connectivity index (χ4v) is 5.43. The molecule has 3 N–H and O–H groups in total. The highest BCUT2D eigenvalue weighted by atomic mass is 35.5. The lowest BCUT2D eigenvalue weighted by Crippen LogP contribution is -2.24. The van der Waals surface area contributed by atoms with E-state index in [0.29, 0.717) is 21.7 Å². The number of amides is 1. The number of aromatic nitrogens is 1. The van der Waals surface area contributed by atoms with Gasteiger partial charge in [0.05, 0.1) is 10.9 Å². The number of thioether (sulfide) groups is 1. The van der Waals surface area contributed by atoms with Crippen LogP contribution in [0.3, 0.4) is 0 Å². The highest BCUT2D eigenvalue weighted by molar-refractivity contribution is 8.00. The van der Waals surface area contributed by atoms with Crippen LogP contribution >= 0.6 is 46.9 Å². The lowest BCUT2D eigenvalue weighted by molar-refractivity contribution is -0.115. The monoisotopic (exact) mass is 552 g/mol. The van der Waals surface area contributed by atoms with E-state index in [1.165, 1.54) is 28.7 Å². The molecule has 4 rings (SSSR count). The van der Waals surface area contributed by atoms with Crippen LogP contribution < -0.4 is 16.0 Å². The van der Waals surface area contributed by atoms with E-state index in [0.717, 1.165) is 27.5 Å². The Hall–Kier alpha value is -2.91. The predicted molar refractivity (Wildman–Crippen MR) is 159 cm³/mol. The third kappa shape index (κ3) is 7.30. The van der Waals surface area contributed by atoms with E-state index in [1.54, 1.807) is 0 Å². The van der Waals surface area contributed by atoms with Crippen molar-refractivity contribution in [2.24, 2.45) is 0 Å². The second kappa shape index (κ2) is 12.4. The standard InChI is InChI=1S/C27H25ClN4OS3/c1-3-24(25(33)32-27-31-23(16-35-27)18-9-11-19(28)12-10-18)36-22-6-4-5-21(15-22)30-26(34)29-20-13-7-17(2)8-14-20/h4-16,24H,3H2,1-2H3,(H2,29,30,34)(H,31,32,33). The molecule has 3 aromatic carbocycles. The first-order chi connectivity index (χ1) is 17.4. The van der Waals surface area contributed by atoms with Crippen LogP contribution in [0.2, 0.25) is 5.02 Å². The zero-order chi connectivity index (χ0) is 25.5. The number of carbonyl (C=O) groups excluding carboxylic acids is 1. The van der Waals surface area contributed by atoms with Crippen LogP contribution in [0.5, 0.6) is 0 Å². The van der Waals surface area contributed by atoms with Crippen LogP contribution in [0.4, 0.5) is 16.5 Å². The van der Waals surface area contributed by atoms with Crippen molar-refractivity contribution in [2.75, 3.05) is 16.0 Å². The summed E-state index contributed by atoms with van der Waals surface area (Å²) in [4.78, 5) is 18.5. The van der Waals surface area contributed by atoms with Crippen LogP contribution in [-0.2, 0) is 4.79 Å². The molecule has 5 nitrogen and oxygen atoms in total. The number of aryl methyl sites for hydroxylation is 1.